The fourth-order valence-electron chi connectivity index (χ4n) is 1.90. The first-order valence-corrected chi connectivity index (χ1v) is 9.34. The zero-order chi connectivity index (χ0) is 16.0. The molecule has 6 nitrogen and oxygen atoms in total. The van der Waals surface area contributed by atoms with Gasteiger partial charge in [0.2, 0.25) is 0 Å². The van der Waals surface area contributed by atoms with Crippen molar-refractivity contribution in [3.63, 3.8) is 0 Å². The first kappa shape index (κ1) is 17.7. The molecule has 0 atom stereocenters. The van der Waals surface area contributed by atoms with E-state index in [1.807, 2.05) is 25.8 Å². The van der Waals surface area contributed by atoms with Crippen molar-refractivity contribution >= 4 is 21.5 Å². The third-order valence-corrected chi connectivity index (χ3v) is 4.11. The van der Waals surface area contributed by atoms with Gasteiger partial charge in [-0.15, -0.1) is 0 Å². The summed E-state index contributed by atoms with van der Waals surface area (Å²) in [5.74, 6) is 2.51. The summed E-state index contributed by atoms with van der Waals surface area (Å²) >= 11 is 0. The van der Waals surface area contributed by atoms with Crippen LogP contribution in [-0.2, 0) is 16.3 Å². The highest BCUT2D eigenvalue weighted by molar-refractivity contribution is 7.90. The van der Waals surface area contributed by atoms with Gasteiger partial charge in [0.15, 0.2) is 0 Å². The fraction of sp³-hybridized carbons (Fsp3) is 0.714. The Kier molecular flexibility index (Phi) is 6.39. The van der Waals surface area contributed by atoms with E-state index in [1.54, 1.807) is 0 Å². The normalized spacial score (nSPS) is 11.5. The summed E-state index contributed by atoms with van der Waals surface area (Å²) in [6.45, 7) is 7.35. The molecule has 0 spiro atoms. The Labute approximate surface area is 127 Å². The predicted octanol–water partition coefficient (Wildman–Crippen LogP) is 1.65. The second-order valence-electron chi connectivity index (χ2n) is 5.27. The number of hydrogen-bond acceptors (Lipinski definition) is 6. The lowest BCUT2D eigenvalue weighted by Crippen LogP contribution is -2.27. The molecule has 7 heteroatoms. The highest BCUT2D eigenvalue weighted by Gasteiger charge is 2.15. The lowest BCUT2D eigenvalue weighted by Gasteiger charge is -2.22. The molecule has 0 saturated carbocycles. The molecule has 1 rings (SSSR count). The lowest BCUT2D eigenvalue weighted by atomic mass is 10.2. The van der Waals surface area contributed by atoms with Gasteiger partial charge >= 0.3 is 0 Å². The first-order chi connectivity index (χ1) is 9.78. The summed E-state index contributed by atoms with van der Waals surface area (Å²) in [7, 11) is -1.12. The number of aromatic nitrogens is 2. The van der Waals surface area contributed by atoms with Crippen LogP contribution in [0.25, 0.3) is 0 Å². The second-order valence-corrected chi connectivity index (χ2v) is 7.53. The van der Waals surface area contributed by atoms with Crippen LogP contribution in [0.15, 0.2) is 0 Å². The Morgan fingerprint density at radius 1 is 1.24 bits per heavy atom. The van der Waals surface area contributed by atoms with Crippen molar-refractivity contribution in [3.05, 3.63) is 11.4 Å². The van der Waals surface area contributed by atoms with Crippen molar-refractivity contribution in [2.24, 2.45) is 0 Å². The van der Waals surface area contributed by atoms with Crippen LogP contribution >= 0.6 is 0 Å². The van der Waals surface area contributed by atoms with E-state index in [2.05, 4.69) is 22.2 Å². The summed E-state index contributed by atoms with van der Waals surface area (Å²) in [4.78, 5) is 10.9. The molecule has 0 unspecified atom stereocenters. The quantitative estimate of drug-likeness (QED) is 0.786. The number of sulfone groups is 1. The fourth-order valence-corrected chi connectivity index (χ4v) is 2.51. The molecule has 0 aliphatic carbocycles. The third kappa shape index (κ3) is 5.49. The minimum absolute atomic E-state index is 0.117. The van der Waals surface area contributed by atoms with Gasteiger partial charge < -0.3 is 10.2 Å². The molecule has 0 bridgehead atoms. The van der Waals surface area contributed by atoms with Crippen LogP contribution in [0, 0.1) is 6.92 Å². The molecule has 1 aromatic heterocycles. The molecule has 0 saturated heterocycles. The van der Waals surface area contributed by atoms with E-state index in [0.717, 1.165) is 42.4 Å². The maximum absolute atomic E-state index is 11.3. The Hall–Kier alpha value is -1.37. The van der Waals surface area contributed by atoms with Crippen molar-refractivity contribution < 1.29 is 8.42 Å². The number of aryl methyl sites for hydroxylation is 1. The van der Waals surface area contributed by atoms with Gasteiger partial charge in [-0.2, -0.15) is 0 Å². The van der Waals surface area contributed by atoms with Crippen molar-refractivity contribution in [3.8, 4) is 0 Å². The van der Waals surface area contributed by atoms with Crippen LogP contribution in [-0.4, -0.2) is 50.5 Å². The van der Waals surface area contributed by atoms with Gasteiger partial charge in [-0.25, -0.2) is 18.4 Å². The number of nitrogens with one attached hydrogen (secondary N) is 1. The summed E-state index contributed by atoms with van der Waals surface area (Å²) in [5, 5.41) is 3.31. The highest BCUT2D eigenvalue weighted by atomic mass is 32.2. The Bertz CT molecular complexity index is 573. The average molecular weight is 314 g/mol. The van der Waals surface area contributed by atoms with Crippen LogP contribution in [0.4, 0.5) is 11.6 Å². The SMILES string of the molecule is CCCNc1nc(CC)nc(N(C)CCS(C)(=O)=O)c1C. The minimum Gasteiger partial charge on any atom is -0.370 e. The number of rotatable bonds is 8. The largest absolute Gasteiger partial charge is 0.370 e. The first-order valence-electron chi connectivity index (χ1n) is 7.28. The molecule has 0 fully saturated rings. The Morgan fingerprint density at radius 2 is 1.90 bits per heavy atom. The molecule has 0 aromatic carbocycles. The zero-order valence-electron chi connectivity index (χ0n) is 13.6. The Balaban J connectivity index is 3.03. The van der Waals surface area contributed by atoms with Crippen LogP contribution in [0.5, 0.6) is 0 Å². The maximum atomic E-state index is 11.3. The van der Waals surface area contributed by atoms with E-state index in [9.17, 15) is 8.42 Å². The van der Waals surface area contributed by atoms with E-state index in [-0.39, 0.29) is 5.75 Å². The molecule has 21 heavy (non-hydrogen) atoms. The summed E-state index contributed by atoms with van der Waals surface area (Å²) < 4.78 is 22.6. The van der Waals surface area contributed by atoms with Gasteiger partial charge in [-0.3, -0.25) is 0 Å². The monoisotopic (exact) mass is 314 g/mol. The van der Waals surface area contributed by atoms with E-state index in [4.69, 9.17) is 0 Å². The molecule has 0 amide bonds. The average Bonchev–Trinajstić information content (AvgIpc) is 2.42. The van der Waals surface area contributed by atoms with E-state index in [0.29, 0.717) is 6.54 Å². The number of hydrogen-bond donors (Lipinski definition) is 1. The van der Waals surface area contributed by atoms with Gasteiger partial charge in [0.25, 0.3) is 0 Å². The molecular formula is C14H26N4O2S. The van der Waals surface area contributed by atoms with Crippen molar-refractivity contribution in [1.29, 1.82) is 0 Å². The van der Waals surface area contributed by atoms with Gasteiger partial charge in [-0.05, 0) is 13.3 Å². The predicted molar refractivity (Wildman–Crippen MR) is 87.9 cm³/mol. The zero-order valence-corrected chi connectivity index (χ0v) is 14.4. The second kappa shape index (κ2) is 7.59. The van der Waals surface area contributed by atoms with Crippen LogP contribution < -0.4 is 10.2 Å². The number of anilines is 2. The third-order valence-electron chi connectivity index (χ3n) is 3.18. The Morgan fingerprint density at radius 3 is 2.43 bits per heavy atom. The van der Waals surface area contributed by atoms with Gasteiger partial charge in [0.05, 0.1) is 5.75 Å². The van der Waals surface area contributed by atoms with Gasteiger partial charge in [0, 0.05) is 38.4 Å². The summed E-state index contributed by atoms with van der Waals surface area (Å²) in [6.07, 6.45) is 3.01. The van der Waals surface area contributed by atoms with E-state index in [1.165, 1.54) is 6.26 Å². The van der Waals surface area contributed by atoms with Crippen LogP contribution in [0.2, 0.25) is 0 Å². The summed E-state index contributed by atoms with van der Waals surface area (Å²) in [5.41, 5.74) is 0.955. The minimum atomic E-state index is -2.98. The lowest BCUT2D eigenvalue weighted by molar-refractivity contribution is 0.601. The highest BCUT2D eigenvalue weighted by Crippen LogP contribution is 2.23. The van der Waals surface area contributed by atoms with E-state index >= 15 is 0 Å². The summed E-state index contributed by atoms with van der Waals surface area (Å²) in [6, 6.07) is 0. The van der Waals surface area contributed by atoms with Crippen LogP contribution in [0.1, 0.15) is 31.7 Å². The van der Waals surface area contributed by atoms with Crippen molar-refractivity contribution in [2.75, 3.05) is 42.4 Å². The molecule has 1 aromatic rings. The van der Waals surface area contributed by atoms with Gasteiger partial charge in [-0.1, -0.05) is 13.8 Å². The standard InChI is InChI=1S/C14H26N4O2S/c1-6-8-15-13-11(3)14(17-12(7-2)16-13)18(4)9-10-21(5,19)20/h6-10H2,1-5H3,(H,15,16,17). The topological polar surface area (TPSA) is 75.2 Å². The number of nitrogens with zero attached hydrogens (tertiary/aromatic N) is 3. The molecular weight excluding hydrogens is 288 g/mol. The van der Waals surface area contributed by atoms with Crippen LogP contribution in [0.3, 0.4) is 0 Å². The maximum Gasteiger partial charge on any atom is 0.149 e. The molecule has 0 aliphatic heterocycles. The molecule has 0 radical (unpaired) electrons. The van der Waals surface area contributed by atoms with Crippen molar-refractivity contribution in [2.45, 2.75) is 33.6 Å². The van der Waals surface area contributed by atoms with E-state index < -0.39 is 9.84 Å². The molecule has 0 aliphatic rings. The van der Waals surface area contributed by atoms with Gasteiger partial charge in [0.1, 0.15) is 27.3 Å². The molecule has 120 valence electrons. The smallest absolute Gasteiger partial charge is 0.149 e. The molecule has 1 N–H and O–H groups in total. The molecule has 1 heterocycles. The van der Waals surface area contributed by atoms with Crippen molar-refractivity contribution in [1.82, 2.24) is 9.97 Å².